The van der Waals surface area contributed by atoms with Crippen LogP contribution in [0.5, 0.6) is 5.75 Å². The number of nitrogens with one attached hydrogen (secondary N) is 1. The summed E-state index contributed by atoms with van der Waals surface area (Å²) in [6, 6.07) is 13.1. The lowest BCUT2D eigenvalue weighted by molar-refractivity contribution is -0.125. The van der Waals surface area contributed by atoms with Crippen molar-refractivity contribution in [3.05, 3.63) is 64.7 Å². The van der Waals surface area contributed by atoms with Gasteiger partial charge in [0.1, 0.15) is 24.7 Å². The maximum Gasteiger partial charge on any atom is 0.255 e. The highest BCUT2D eigenvalue weighted by Gasteiger charge is 2.37. The van der Waals surface area contributed by atoms with Gasteiger partial charge in [-0.05, 0) is 29.7 Å². The third-order valence-electron chi connectivity index (χ3n) is 6.36. The van der Waals surface area contributed by atoms with Crippen LogP contribution in [0, 0.1) is 0 Å². The molecule has 0 spiro atoms. The van der Waals surface area contributed by atoms with E-state index >= 15 is 0 Å². The molecule has 34 heavy (non-hydrogen) atoms. The number of ether oxygens (including phenoxy) is 2. The molecule has 1 N–H and O–H groups in total. The molecule has 2 amide bonds. The molecule has 1 atom stereocenters. The van der Waals surface area contributed by atoms with Crippen LogP contribution >= 0.6 is 0 Å². The minimum atomic E-state index is -0.693. The van der Waals surface area contributed by atoms with Crippen LogP contribution in [0.3, 0.4) is 0 Å². The van der Waals surface area contributed by atoms with Gasteiger partial charge in [-0.25, -0.2) is 0 Å². The Labute approximate surface area is 199 Å². The zero-order valence-electron chi connectivity index (χ0n) is 19.5. The fourth-order valence-electron chi connectivity index (χ4n) is 4.45. The minimum absolute atomic E-state index is 0.211. The van der Waals surface area contributed by atoms with Gasteiger partial charge < -0.3 is 24.5 Å². The number of morpholine rings is 1. The highest BCUT2D eigenvalue weighted by molar-refractivity contribution is 6.01. The Morgan fingerprint density at radius 2 is 1.88 bits per heavy atom. The highest BCUT2D eigenvalue weighted by atomic mass is 16.5. The van der Waals surface area contributed by atoms with E-state index in [9.17, 15) is 14.4 Å². The standard InChI is InChI=1S/C26H31N3O5/c1-27-25(31)23(5-3-13-30)29-17-22-21(26(29)32)4-2-6-24(22)34-18-20-9-7-19(8-10-20)16-28-11-14-33-15-12-28/h2,4,6-10,13,23H,3,5,11-12,14-18H2,1H3,(H,27,31). The van der Waals surface area contributed by atoms with E-state index in [1.807, 2.05) is 6.07 Å². The van der Waals surface area contributed by atoms with Gasteiger partial charge in [-0.15, -0.1) is 0 Å². The Bertz CT molecular complexity index is 1020. The lowest BCUT2D eigenvalue weighted by Crippen LogP contribution is -2.46. The molecule has 8 nitrogen and oxygen atoms in total. The van der Waals surface area contributed by atoms with Crippen molar-refractivity contribution >= 4 is 18.1 Å². The first-order valence-electron chi connectivity index (χ1n) is 11.7. The number of aldehydes is 1. The smallest absolute Gasteiger partial charge is 0.255 e. The van der Waals surface area contributed by atoms with Crippen molar-refractivity contribution in [3.63, 3.8) is 0 Å². The number of hydrogen-bond donors (Lipinski definition) is 1. The van der Waals surface area contributed by atoms with Crippen molar-refractivity contribution in [3.8, 4) is 5.75 Å². The molecule has 2 aliphatic heterocycles. The molecule has 0 aliphatic carbocycles. The highest BCUT2D eigenvalue weighted by Crippen LogP contribution is 2.33. The number of hydrogen-bond acceptors (Lipinski definition) is 6. The molecule has 2 aliphatic rings. The molecule has 1 saturated heterocycles. The molecular formula is C26H31N3O5. The number of nitrogens with zero attached hydrogens (tertiary/aromatic N) is 2. The van der Waals surface area contributed by atoms with Crippen LogP contribution in [0.1, 0.15) is 39.9 Å². The third-order valence-corrected chi connectivity index (χ3v) is 6.36. The number of likely N-dealkylation sites (N-methyl/N-ethyl adjacent to an activating group) is 1. The Balaban J connectivity index is 1.41. The zero-order valence-corrected chi connectivity index (χ0v) is 19.5. The fraction of sp³-hybridized carbons (Fsp3) is 0.423. The van der Waals surface area contributed by atoms with Crippen LogP contribution in [0.15, 0.2) is 42.5 Å². The molecule has 0 bridgehead atoms. The predicted octanol–water partition coefficient (Wildman–Crippen LogP) is 2.15. The second kappa shape index (κ2) is 11.3. The average Bonchev–Trinajstić information content (AvgIpc) is 3.21. The van der Waals surface area contributed by atoms with Gasteiger partial charge in [-0.1, -0.05) is 30.3 Å². The predicted molar refractivity (Wildman–Crippen MR) is 126 cm³/mol. The topological polar surface area (TPSA) is 88.2 Å². The number of carbonyl (C=O) groups excluding carboxylic acids is 3. The Morgan fingerprint density at radius 3 is 2.59 bits per heavy atom. The van der Waals surface area contributed by atoms with Gasteiger partial charge in [0.15, 0.2) is 0 Å². The number of rotatable bonds is 10. The molecule has 180 valence electrons. The normalized spacial score (nSPS) is 16.7. The van der Waals surface area contributed by atoms with Crippen molar-refractivity contribution in [2.24, 2.45) is 0 Å². The molecule has 4 rings (SSSR count). The van der Waals surface area contributed by atoms with E-state index in [2.05, 4.69) is 34.5 Å². The summed E-state index contributed by atoms with van der Waals surface area (Å²) in [6.45, 7) is 5.05. The number of fused-ring (bicyclic) bond motifs is 1. The largest absolute Gasteiger partial charge is 0.489 e. The molecule has 2 heterocycles. The molecule has 8 heteroatoms. The van der Waals surface area contributed by atoms with Crippen molar-refractivity contribution in [2.45, 2.75) is 38.6 Å². The maximum absolute atomic E-state index is 13.0. The van der Waals surface area contributed by atoms with E-state index in [1.165, 1.54) is 17.5 Å². The lowest BCUT2D eigenvalue weighted by Gasteiger charge is -2.26. The summed E-state index contributed by atoms with van der Waals surface area (Å²) < 4.78 is 11.5. The SMILES string of the molecule is CNC(=O)C(CCC=O)N1Cc2c(OCc3ccc(CN4CCOCC4)cc3)cccc2C1=O. The Kier molecular flexibility index (Phi) is 7.92. The summed E-state index contributed by atoms with van der Waals surface area (Å²) in [4.78, 5) is 40.2. The van der Waals surface area contributed by atoms with Crippen LogP contribution in [-0.2, 0) is 34.0 Å². The molecule has 0 aromatic heterocycles. The van der Waals surface area contributed by atoms with E-state index in [4.69, 9.17) is 9.47 Å². The van der Waals surface area contributed by atoms with Crippen LogP contribution in [0.4, 0.5) is 0 Å². The molecular weight excluding hydrogens is 434 g/mol. The Hall–Kier alpha value is -3.23. The summed E-state index contributed by atoms with van der Waals surface area (Å²) in [5, 5.41) is 2.60. The van der Waals surface area contributed by atoms with Crippen LogP contribution in [0.25, 0.3) is 0 Å². The molecule has 0 saturated carbocycles. The van der Waals surface area contributed by atoms with Gasteiger partial charge in [0.2, 0.25) is 5.91 Å². The fourth-order valence-corrected chi connectivity index (χ4v) is 4.45. The summed E-state index contributed by atoms with van der Waals surface area (Å²) in [7, 11) is 1.53. The van der Waals surface area contributed by atoms with Gasteiger partial charge in [-0.2, -0.15) is 0 Å². The first-order chi connectivity index (χ1) is 16.6. The lowest BCUT2D eigenvalue weighted by atomic mass is 10.1. The van der Waals surface area contributed by atoms with E-state index in [0.29, 0.717) is 17.9 Å². The summed E-state index contributed by atoms with van der Waals surface area (Å²) in [5.74, 6) is 0.145. The van der Waals surface area contributed by atoms with E-state index < -0.39 is 6.04 Å². The quantitative estimate of drug-likeness (QED) is 0.541. The van der Waals surface area contributed by atoms with Crippen molar-refractivity contribution in [1.29, 1.82) is 0 Å². The average molecular weight is 466 g/mol. The molecule has 1 fully saturated rings. The minimum Gasteiger partial charge on any atom is -0.489 e. The molecule has 2 aromatic rings. The summed E-state index contributed by atoms with van der Waals surface area (Å²) in [6.07, 6.45) is 1.27. The van der Waals surface area contributed by atoms with Crippen molar-refractivity contribution < 1.29 is 23.9 Å². The third kappa shape index (κ3) is 5.46. The molecule has 1 unspecified atom stereocenters. The molecule has 2 aromatic carbocycles. The van der Waals surface area contributed by atoms with Gasteiger partial charge in [0.25, 0.3) is 5.91 Å². The van der Waals surface area contributed by atoms with Crippen molar-refractivity contribution in [2.75, 3.05) is 33.4 Å². The Morgan fingerprint density at radius 1 is 1.15 bits per heavy atom. The zero-order chi connectivity index (χ0) is 23.9. The van der Waals surface area contributed by atoms with E-state index in [0.717, 1.165) is 50.3 Å². The molecule has 0 radical (unpaired) electrons. The second-order valence-corrected chi connectivity index (χ2v) is 8.58. The van der Waals surface area contributed by atoms with Gasteiger partial charge in [0.05, 0.1) is 19.8 Å². The number of benzene rings is 2. The van der Waals surface area contributed by atoms with Gasteiger partial charge in [-0.3, -0.25) is 14.5 Å². The number of carbonyl (C=O) groups is 3. The first kappa shape index (κ1) is 23.9. The summed E-state index contributed by atoms with van der Waals surface area (Å²) >= 11 is 0. The van der Waals surface area contributed by atoms with Crippen LogP contribution < -0.4 is 10.1 Å². The van der Waals surface area contributed by atoms with Gasteiger partial charge >= 0.3 is 0 Å². The van der Waals surface area contributed by atoms with Crippen molar-refractivity contribution in [1.82, 2.24) is 15.1 Å². The van der Waals surface area contributed by atoms with E-state index in [-0.39, 0.29) is 31.2 Å². The second-order valence-electron chi connectivity index (χ2n) is 8.58. The first-order valence-corrected chi connectivity index (χ1v) is 11.7. The monoisotopic (exact) mass is 465 g/mol. The maximum atomic E-state index is 13.0. The van der Waals surface area contributed by atoms with Crippen LogP contribution in [-0.4, -0.2) is 67.3 Å². The summed E-state index contributed by atoms with van der Waals surface area (Å²) in [5.41, 5.74) is 3.61. The van der Waals surface area contributed by atoms with Crippen LogP contribution in [0.2, 0.25) is 0 Å². The van der Waals surface area contributed by atoms with Gasteiger partial charge in [0, 0.05) is 44.2 Å². The number of amides is 2. The van der Waals surface area contributed by atoms with E-state index in [1.54, 1.807) is 12.1 Å².